The molecule has 1 aromatic carbocycles. The molecule has 106 valence electrons. The molecule has 0 saturated carbocycles. The second-order valence-electron chi connectivity index (χ2n) is 5.05. The van der Waals surface area contributed by atoms with Gasteiger partial charge in [0, 0.05) is 53.4 Å². The minimum absolute atomic E-state index is 0.840. The van der Waals surface area contributed by atoms with Gasteiger partial charge in [0.2, 0.25) is 0 Å². The summed E-state index contributed by atoms with van der Waals surface area (Å²) < 4.78 is 1.24. The van der Waals surface area contributed by atoms with Gasteiger partial charge < -0.3 is 10.6 Å². The predicted octanol–water partition coefficient (Wildman–Crippen LogP) is 3.42. The number of thiophene rings is 1. The first-order valence-electron chi connectivity index (χ1n) is 6.77. The second kappa shape index (κ2) is 6.16. The molecule has 1 aliphatic rings. The minimum Gasteiger partial charge on any atom is -0.399 e. The highest BCUT2D eigenvalue weighted by molar-refractivity contribution is 9.10. The number of halogens is 1. The molecule has 3 nitrogen and oxygen atoms in total. The third-order valence-electron chi connectivity index (χ3n) is 3.67. The van der Waals surface area contributed by atoms with Crippen LogP contribution in [0, 0.1) is 0 Å². The normalized spacial score (nSPS) is 16.6. The van der Waals surface area contributed by atoms with Gasteiger partial charge in [-0.15, -0.1) is 11.3 Å². The molecule has 20 heavy (non-hydrogen) atoms. The van der Waals surface area contributed by atoms with Gasteiger partial charge in [0.1, 0.15) is 0 Å². The predicted molar refractivity (Wildman–Crippen MR) is 90.4 cm³/mol. The highest BCUT2D eigenvalue weighted by Gasteiger charge is 2.18. The zero-order valence-corrected chi connectivity index (χ0v) is 13.7. The number of nitrogens with zero attached hydrogens (tertiary/aromatic N) is 2. The van der Waals surface area contributed by atoms with Crippen molar-refractivity contribution in [2.75, 3.05) is 36.8 Å². The van der Waals surface area contributed by atoms with E-state index in [4.69, 9.17) is 5.73 Å². The molecule has 0 spiro atoms. The Morgan fingerprint density at radius 1 is 1.15 bits per heavy atom. The number of benzene rings is 1. The molecule has 2 heterocycles. The van der Waals surface area contributed by atoms with Crippen molar-refractivity contribution >= 4 is 38.6 Å². The number of anilines is 2. The fourth-order valence-corrected chi connectivity index (χ4v) is 4.05. The zero-order valence-electron chi connectivity index (χ0n) is 11.3. The third-order valence-corrected chi connectivity index (χ3v) is 5.58. The number of nitrogens with two attached hydrogens (primary N) is 1. The lowest BCUT2D eigenvalue weighted by molar-refractivity contribution is 0.251. The van der Waals surface area contributed by atoms with Crippen LogP contribution in [0.1, 0.15) is 4.88 Å². The Morgan fingerprint density at radius 3 is 2.60 bits per heavy atom. The molecule has 0 unspecified atom stereocenters. The van der Waals surface area contributed by atoms with Crippen molar-refractivity contribution in [1.29, 1.82) is 0 Å². The van der Waals surface area contributed by atoms with Crippen molar-refractivity contribution in [3.8, 4) is 0 Å². The fraction of sp³-hybridized carbons (Fsp3) is 0.333. The first-order chi connectivity index (χ1) is 9.72. The van der Waals surface area contributed by atoms with Crippen LogP contribution in [-0.4, -0.2) is 31.1 Å². The van der Waals surface area contributed by atoms with Crippen LogP contribution < -0.4 is 10.6 Å². The van der Waals surface area contributed by atoms with Gasteiger partial charge in [0.25, 0.3) is 0 Å². The van der Waals surface area contributed by atoms with Crippen LogP contribution in [0.25, 0.3) is 0 Å². The zero-order chi connectivity index (χ0) is 13.9. The first-order valence-corrected chi connectivity index (χ1v) is 8.44. The fourth-order valence-electron chi connectivity index (χ4n) is 2.53. The monoisotopic (exact) mass is 351 g/mol. The average Bonchev–Trinajstić information content (AvgIpc) is 2.85. The van der Waals surface area contributed by atoms with Gasteiger partial charge in [-0.3, -0.25) is 4.90 Å². The molecule has 0 atom stereocenters. The maximum Gasteiger partial charge on any atom is 0.0387 e. The van der Waals surface area contributed by atoms with E-state index in [0.717, 1.165) is 38.4 Å². The Labute approximate surface area is 132 Å². The Morgan fingerprint density at radius 2 is 1.95 bits per heavy atom. The van der Waals surface area contributed by atoms with E-state index in [2.05, 4.69) is 49.3 Å². The van der Waals surface area contributed by atoms with Gasteiger partial charge in [-0.1, -0.05) is 6.07 Å². The molecule has 0 bridgehead atoms. The topological polar surface area (TPSA) is 32.5 Å². The lowest BCUT2D eigenvalue weighted by Crippen LogP contribution is -2.45. The Hall–Kier alpha value is -1.04. The van der Waals surface area contributed by atoms with Crippen molar-refractivity contribution in [3.05, 3.63) is 45.1 Å². The van der Waals surface area contributed by atoms with Crippen molar-refractivity contribution in [3.63, 3.8) is 0 Å². The molecule has 0 radical (unpaired) electrons. The lowest BCUT2D eigenvalue weighted by Gasteiger charge is -2.36. The highest BCUT2D eigenvalue weighted by atomic mass is 79.9. The highest BCUT2D eigenvalue weighted by Crippen LogP contribution is 2.25. The molecule has 1 fully saturated rings. The summed E-state index contributed by atoms with van der Waals surface area (Å²) in [5, 5.41) is 2.14. The number of hydrogen-bond donors (Lipinski definition) is 1. The van der Waals surface area contributed by atoms with Gasteiger partial charge in [-0.05, 0) is 45.6 Å². The summed E-state index contributed by atoms with van der Waals surface area (Å²) in [6.07, 6.45) is 0. The smallest absolute Gasteiger partial charge is 0.0387 e. The number of hydrogen-bond acceptors (Lipinski definition) is 4. The maximum absolute atomic E-state index is 5.86. The standard InChI is InChI=1S/C15H18BrN3S/c16-14-4-9-20-15(14)11-18-5-7-19(8-6-18)13-3-1-2-12(17)10-13/h1-4,9-10H,5-8,11,17H2. The van der Waals surface area contributed by atoms with E-state index in [9.17, 15) is 0 Å². The summed E-state index contributed by atoms with van der Waals surface area (Å²) in [6, 6.07) is 10.3. The molecule has 2 aromatic rings. The molecular weight excluding hydrogens is 334 g/mol. The van der Waals surface area contributed by atoms with E-state index in [1.54, 1.807) is 0 Å². The van der Waals surface area contributed by atoms with E-state index in [1.807, 2.05) is 23.5 Å². The van der Waals surface area contributed by atoms with E-state index in [1.165, 1.54) is 15.0 Å². The van der Waals surface area contributed by atoms with Gasteiger partial charge in [0.05, 0.1) is 0 Å². The molecular formula is C15H18BrN3S. The first kappa shape index (κ1) is 13.9. The van der Waals surface area contributed by atoms with E-state index >= 15 is 0 Å². The van der Waals surface area contributed by atoms with Gasteiger partial charge in [-0.25, -0.2) is 0 Å². The van der Waals surface area contributed by atoms with Crippen molar-refractivity contribution < 1.29 is 0 Å². The maximum atomic E-state index is 5.86. The number of nitrogen functional groups attached to an aromatic ring is 1. The minimum atomic E-state index is 0.840. The Balaban J connectivity index is 1.58. The van der Waals surface area contributed by atoms with Crippen molar-refractivity contribution in [2.45, 2.75) is 6.54 Å². The molecule has 2 N–H and O–H groups in total. The van der Waals surface area contributed by atoms with Crippen LogP contribution in [0.2, 0.25) is 0 Å². The lowest BCUT2D eigenvalue weighted by atomic mass is 10.2. The largest absolute Gasteiger partial charge is 0.399 e. The van der Waals surface area contributed by atoms with Crippen molar-refractivity contribution in [1.82, 2.24) is 4.90 Å². The molecule has 1 aliphatic heterocycles. The van der Waals surface area contributed by atoms with Gasteiger partial charge in [-0.2, -0.15) is 0 Å². The summed E-state index contributed by atoms with van der Waals surface area (Å²) in [5.41, 5.74) is 7.94. The average molecular weight is 352 g/mol. The van der Waals surface area contributed by atoms with Crippen LogP contribution in [0.3, 0.4) is 0 Å². The van der Waals surface area contributed by atoms with Crippen LogP contribution in [-0.2, 0) is 6.54 Å². The number of rotatable bonds is 3. The third kappa shape index (κ3) is 3.16. The van der Waals surface area contributed by atoms with Gasteiger partial charge in [0.15, 0.2) is 0 Å². The summed E-state index contributed by atoms with van der Waals surface area (Å²) in [4.78, 5) is 6.35. The van der Waals surface area contributed by atoms with E-state index in [0.29, 0.717) is 0 Å². The number of piperazine rings is 1. The Kier molecular flexibility index (Phi) is 4.29. The molecule has 1 aromatic heterocycles. The summed E-state index contributed by atoms with van der Waals surface area (Å²) in [6.45, 7) is 5.36. The van der Waals surface area contributed by atoms with Crippen LogP contribution in [0.15, 0.2) is 40.2 Å². The van der Waals surface area contributed by atoms with Crippen molar-refractivity contribution in [2.24, 2.45) is 0 Å². The van der Waals surface area contributed by atoms with E-state index in [-0.39, 0.29) is 0 Å². The molecule has 3 rings (SSSR count). The SMILES string of the molecule is Nc1cccc(N2CCN(Cc3sccc3Br)CC2)c1. The molecule has 0 aliphatic carbocycles. The van der Waals surface area contributed by atoms with Crippen LogP contribution in [0.5, 0.6) is 0 Å². The van der Waals surface area contributed by atoms with Crippen LogP contribution in [0.4, 0.5) is 11.4 Å². The summed E-state index contributed by atoms with van der Waals surface area (Å²) >= 11 is 5.43. The van der Waals surface area contributed by atoms with Gasteiger partial charge >= 0.3 is 0 Å². The van der Waals surface area contributed by atoms with Crippen LogP contribution >= 0.6 is 27.3 Å². The molecule has 0 amide bonds. The summed E-state index contributed by atoms with van der Waals surface area (Å²) in [7, 11) is 0. The van der Waals surface area contributed by atoms with E-state index < -0.39 is 0 Å². The molecule has 1 saturated heterocycles. The second-order valence-corrected chi connectivity index (χ2v) is 6.90. The Bertz CT molecular complexity index is 576. The molecule has 5 heteroatoms. The quantitative estimate of drug-likeness (QED) is 0.860. The summed E-state index contributed by atoms with van der Waals surface area (Å²) in [5.74, 6) is 0.